The van der Waals surface area contributed by atoms with Crippen molar-refractivity contribution in [2.24, 2.45) is 0 Å². The summed E-state index contributed by atoms with van der Waals surface area (Å²) in [6.07, 6.45) is 0. The standard InChI is InChI=1S/C33H30ClN3O3/c1-33(25-11-13-27(38)14-12-25)31(39)30-28(36-17-15-35-16-18-36)19-26(34)20-29(30)37(32(33)40)21-22-7-9-24(10-8-22)23-5-3-2-4-6-23/h2-14,19-20,35,38H,15-18,21H2,1H3. The van der Waals surface area contributed by atoms with E-state index in [1.807, 2.05) is 36.4 Å². The number of phenolic OH excluding ortho intramolecular Hbond substituents is 1. The molecule has 0 aromatic heterocycles. The maximum absolute atomic E-state index is 14.4. The van der Waals surface area contributed by atoms with Gasteiger partial charge in [-0.25, -0.2) is 0 Å². The van der Waals surface area contributed by atoms with Crippen molar-refractivity contribution in [1.29, 1.82) is 0 Å². The number of hydrogen-bond donors (Lipinski definition) is 2. The van der Waals surface area contributed by atoms with Gasteiger partial charge in [0.15, 0.2) is 5.78 Å². The number of anilines is 2. The number of fused-ring (bicyclic) bond motifs is 1. The summed E-state index contributed by atoms with van der Waals surface area (Å²) < 4.78 is 0. The summed E-state index contributed by atoms with van der Waals surface area (Å²) in [4.78, 5) is 32.6. The van der Waals surface area contributed by atoms with Gasteiger partial charge in [0.05, 0.1) is 23.5 Å². The molecule has 0 saturated carbocycles. The number of halogens is 1. The number of benzene rings is 4. The summed E-state index contributed by atoms with van der Waals surface area (Å²) in [5, 5.41) is 13.7. The van der Waals surface area contributed by atoms with Crippen LogP contribution in [-0.4, -0.2) is 43.0 Å². The van der Waals surface area contributed by atoms with Gasteiger partial charge in [-0.15, -0.1) is 0 Å². The Hall–Kier alpha value is -4.13. The zero-order valence-corrected chi connectivity index (χ0v) is 23.0. The zero-order chi connectivity index (χ0) is 27.9. The molecule has 0 radical (unpaired) electrons. The third kappa shape index (κ3) is 4.53. The number of nitrogens with zero attached hydrogens (tertiary/aromatic N) is 2. The first-order chi connectivity index (χ1) is 19.4. The van der Waals surface area contributed by atoms with Gasteiger partial charge in [0.1, 0.15) is 11.2 Å². The number of piperazine rings is 1. The summed E-state index contributed by atoms with van der Waals surface area (Å²) >= 11 is 6.64. The fraction of sp³-hybridized carbons (Fsp3) is 0.212. The predicted octanol–water partition coefficient (Wildman–Crippen LogP) is 5.81. The highest BCUT2D eigenvalue weighted by molar-refractivity contribution is 6.34. The van der Waals surface area contributed by atoms with E-state index in [4.69, 9.17) is 11.6 Å². The number of carbonyl (C=O) groups is 2. The van der Waals surface area contributed by atoms with Gasteiger partial charge in [0.2, 0.25) is 5.91 Å². The Labute approximate surface area is 238 Å². The number of Topliss-reactive ketones (excluding diaryl/α,β-unsaturated/α-hetero) is 1. The van der Waals surface area contributed by atoms with Crippen LogP contribution in [0, 0.1) is 0 Å². The molecule has 202 valence electrons. The number of ketones is 1. The van der Waals surface area contributed by atoms with E-state index in [0.29, 0.717) is 21.8 Å². The van der Waals surface area contributed by atoms with Crippen molar-refractivity contribution in [2.75, 3.05) is 36.0 Å². The van der Waals surface area contributed by atoms with Crippen LogP contribution in [0.25, 0.3) is 11.1 Å². The molecule has 2 aliphatic heterocycles. The van der Waals surface area contributed by atoms with Crippen molar-refractivity contribution in [3.8, 4) is 16.9 Å². The second kappa shape index (κ2) is 10.5. The summed E-state index contributed by atoms with van der Waals surface area (Å²) in [5.41, 5.74) is 3.98. The van der Waals surface area contributed by atoms with E-state index in [1.165, 1.54) is 12.1 Å². The van der Waals surface area contributed by atoms with Crippen molar-refractivity contribution in [3.05, 3.63) is 113 Å². The smallest absolute Gasteiger partial charge is 0.245 e. The van der Waals surface area contributed by atoms with E-state index in [1.54, 1.807) is 30.0 Å². The topological polar surface area (TPSA) is 72.9 Å². The van der Waals surface area contributed by atoms with Gasteiger partial charge in [-0.2, -0.15) is 0 Å². The molecule has 6 rings (SSSR count). The number of nitrogens with one attached hydrogen (secondary N) is 1. The van der Waals surface area contributed by atoms with Crippen LogP contribution < -0.4 is 15.1 Å². The normalized spacial score (nSPS) is 19.1. The average Bonchev–Trinajstić information content (AvgIpc) is 2.99. The fourth-order valence-electron chi connectivity index (χ4n) is 5.73. The Bertz CT molecular complexity index is 1570. The highest BCUT2D eigenvalue weighted by Crippen LogP contribution is 2.46. The van der Waals surface area contributed by atoms with Crippen LogP contribution in [0.5, 0.6) is 5.75 Å². The van der Waals surface area contributed by atoms with E-state index in [-0.39, 0.29) is 24.0 Å². The number of carbonyl (C=O) groups excluding carboxylic acids is 2. The molecule has 1 amide bonds. The summed E-state index contributed by atoms with van der Waals surface area (Å²) in [6, 6.07) is 28.2. The number of rotatable bonds is 5. The highest BCUT2D eigenvalue weighted by Gasteiger charge is 2.52. The molecule has 2 heterocycles. The third-order valence-electron chi connectivity index (χ3n) is 8.01. The minimum absolute atomic E-state index is 0.0760. The Morgan fingerprint density at radius 2 is 1.48 bits per heavy atom. The molecule has 1 atom stereocenters. The maximum Gasteiger partial charge on any atom is 0.245 e. The molecule has 4 aromatic carbocycles. The molecule has 0 aliphatic carbocycles. The minimum atomic E-state index is -1.47. The van der Waals surface area contributed by atoms with Crippen molar-refractivity contribution >= 4 is 34.7 Å². The van der Waals surface area contributed by atoms with Crippen LogP contribution in [-0.2, 0) is 16.8 Å². The molecule has 1 fully saturated rings. The maximum atomic E-state index is 14.4. The SMILES string of the molecule is CC1(c2ccc(O)cc2)C(=O)c2c(N3CCNCC3)cc(Cl)cc2N(Cc2ccc(-c3ccccc3)cc2)C1=O. The van der Waals surface area contributed by atoms with Crippen LogP contribution >= 0.6 is 11.6 Å². The number of amides is 1. The van der Waals surface area contributed by atoms with Gasteiger partial charge < -0.3 is 20.2 Å². The largest absolute Gasteiger partial charge is 0.508 e. The number of phenols is 1. The Balaban J connectivity index is 1.47. The molecular formula is C33H30ClN3O3. The third-order valence-corrected chi connectivity index (χ3v) is 8.23. The van der Waals surface area contributed by atoms with Gasteiger partial charge in [-0.3, -0.25) is 9.59 Å². The van der Waals surface area contributed by atoms with Gasteiger partial charge in [-0.1, -0.05) is 78.3 Å². The van der Waals surface area contributed by atoms with E-state index in [0.717, 1.165) is 48.6 Å². The predicted molar refractivity (Wildman–Crippen MR) is 159 cm³/mol. The summed E-state index contributed by atoms with van der Waals surface area (Å²) in [7, 11) is 0. The number of aromatic hydroxyl groups is 1. The monoisotopic (exact) mass is 551 g/mol. The zero-order valence-electron chi connectivity index (χ0n) is 22.2. The lowest BCUT2D eigenvalue weighted by Crippen LogP contribution is -2.55. The lowest BCUT2D eigenvalue weighted by Gasteiger charge is -2.42. The second-order valence-corrected chi connectivity index (χ2v) is 10.9. The molecule has 6 nitrogen and oxygen atoms in total. The van der Waals surface area contributed by atoms with Crippen LogP contribution in [0.15, 0.2) is 91.0 Å². The average molecular weight is 552 g/mol. The minimum Gasteiger partial charge on any atom is -0.508 e. The molecule has 2 aliphatic rings. The molecule has 1 unspecified atom stereocenters. The first-order valence-electron chi connectivity index (χ1n) is 13.5. The molecule has 0 spiro atoms. The number of hydrogen-bond acceptors (Lipinski definition) is 5. The molecule has 1 saturated heterocycles. The van der Waals surface area contributed by atoms with E-state index in [2.05, 4.69) is 34.5 Å². The molecule has 7 heteroatoms. The van der Waals surface area contributed by atoms with E-state index in [9.17, 15) is 14.7 Å². The summed E-state index contributed by atoms with van der Waals surface area (Å²) in [5.74, 6) is -0.512. The lowest BCUT2D eigenvalue weighted by atomic mass is 9.71. The van der Waals surface area contributed by atoms with Crippen LogP contribution in [0.1, 0.15) is 28.4 Å². The van der Waals surface area contributed by atoms with Crippen molar-refractivity contribution in [2.45, 2.75) is 18.9 Å². The Kier molecular flexibility index (Phi) is 6.82. The highest BCUT2D eigenvalue weighted by atomic mass is 35.5. The second-order valence-electron chi connectivity index (χ2n) is 10.5. The van der Waals surface area contributed by atoms with Crippen molar-refractivity contribution in [1.82, 2.24) is 5.32 Å². The molecular weight excluding hydrogens is 522 g/mol. The molecule has 4 aromatic rings. The molecule has 2 N–H and O–H groups in total. The van der Waals surface area contributed by atoms with Crippen molar-refractivity contribution < 1.29 is 14.7 Å². The summed E-state index contributed by atoms with van der Waals surface area (Å²) in [6.45, 7) is 5.01. The van der Waals surface area contributed by atoms with Crippen LogP contribution in [0.3, 0.4) is 0 Å². The van der Waals surface area contributed by atoms with Gasteiger partial charge in [0, 0.05) is 31.2 Å². The van der Waals surface area contributed by atoms with Crippen LogP contribution in [0.4, 0.5) is 11.4 Å². The first-order valence-corrected chi connectivity index (χ1v) is 13.8. The van der Waals surface area contributed by atoms with E-state index < -0.39 is 5.41 Å². The van der Waals surface area contributed by atoms with Crippen molar-refractivity contribution in [3.63, 3.8) is 0 Å². The van der Waals surface area contributed by atoms with Gasteiger partial charge >= 0.3 is 0 Å². The molecule has 0 bridgehead atoms. The van der Waals surface area contributed by atoms with E-state index >= 15 is 0 Å². The Morgan fingerprint density at radius 1 is 0.850 bits per heavy atom. The lowest BCUT2D eigenvalue weighted by molar-refractivity contribution is -0.122. The Morgan fingerprint density at radius 3 is 2.15 bits per heavy atom. The quantitative estimate of drug-likeness (QED) is 0.306. The van der Waals surface area contributed by atoms with Crippen LogP contribution in [0.2, 0.25) is 5.02 Å². The first kappa shape index (κ1) is 26.1. The van der Waals surface area contributed by atoms with Gasteiger partial charge in [-0.05, 0) is 53.4 Å². The molecule has 40 heavy (non-hydrogen) atoms. The fourth-order valence-corrected chi connectivity index (χ4v) is 5.93. The van der Waals surface area contributed by atoms with Gasteiger partial charge in [0.25, 0.3) is 0 Å².